The molecule has 0 bridgehead atoms. The molecule has 2 amide bonds. The average Bonchev–Trinajstić information content (AvgIpc) is 2.90. The zero-order valence-electron chi connectivity index (χ0n) is 12.8. The van der Waals surface area contributed by atoms with Crippen molar-refractivity contribution in [3.8, 4) is 0 Å². The van der Waals surface area contributed by atoms with E-state index in [4.69, 9.17) is 0 Å². The molecule has 1 saturated heterocycles. The van der Waals surface area contributed by atoms with Gasteiger partial charge in [0.25, 0.3) is 0 Å². The third-order valence-corrected chi connectivity index (χ3v) is 3.73. The van der Waals surface area contributed by atoms with Crippen LogP contribution in [0.3, 0.4) is 0 Å². The van der Waals surface area contributed by atoms with E-state index in [9.17, 15) is 27.5 Å². The number of nitrogens with one attached hydrogen (secondary N) is 2. The lowest BCUT2D eigenvalue weighted by Gasteiger charge is -2.19. The van der Waals surface area contributed by atoms with Crippen LogP contribution in [0, 0.1) is 5.82 Å². The van der Waals surface area contributed by atoms with Crippen LogP contribution in [0.1, 0.15) is 18.1 Å². The van der Waals surface area contributed by atoms with Gasteiger partial charge in [0.15, 0.2) is 0 Å². The third kappa shape index (κ3) is 5.64. The number of aliphatic hydroxyl groups is 1. The Morgan fingerprint density at radius 2 is 2.08 bits per heavy atom. The van der Waals surface area contributed by atoms with Gasteiger partial charge in [-0.05, 0) is 12.5 Å². The summed E-state index contributed by atoms with van der Waals surface area (Å²) < 4.78 is 50.4. The van der Waals surface area contributed by atoms with Crippen LogP contribution in [-0.2, 0) is 0 Å². The largest absolute Gasteiger partial charge is 0.401 e. The van der Waals surface area contributed by atoms with Crippen LogP contribution in [0.4, 0.5) is 22.4 Å². The minimum Gasteiger partial charge on any atom is -0.386 e. The van der Waals surface area contributed by atoms with Crippen molar-refractivity contribution >= 4 is 6.03 Å². The molecule has 9 heteroatoms. The zero-order chi connectivity index (χ0) is 17.7. The molecule has 1 aliphatic heterocycles. The van der Waals surface area contributed by atoms with Crippen LogP contribution in [-0.4, -0.2) is 54.4 Å². The summed E-state index contributed by atoms with van der Waals surface area (Å²) in [5, 5.41) is 14.8. The van der Waals surface area contributed by atoms with Crippen molar-refractivity contribution in [2.75, 3.05) is 26.2 Å². The molecule has 1 aromatic rings. The average molecular weight is 349 g/mol. The van der Waals surface area contributed by atoms with Crippen LogP contribution >= 0.6 is 0 Å². The van der Waals surface area contributed by atoms with E-state index in [1.165, 1.54) is 23.1 Å². The fourth-order valence-corrected chi connectivity index (χ4v) is 2.63. The standard InChI is InChI=1S/C15H19F4N3O2/c16-12-4-2-1-3-11(12)13(23)7-20-14(24)21-10-5-6-22(8-10)9-15(17,18)19/h1-4,10,13,23H,5-9H2,(H2,20,21,24). The molecule has 1 fully saturated rings. The first-order valence-corrected chi connectivity index (χ1v) is 7.50. The first-order valence-electron chi connectivity index (χ1n) is 7.50. The molecule has 3 N–H and O–H groups in total. The lowest BCUT2D eigenvalue weighted by Crippen LogP contribution is -2.45. The Hall–Kier alpha value is -1.87. The molecular formula is C15H19F4N3O2. The molecule has 0 radical (unpaired) electrons. The number of carbonyl (C=O) groups excluding carboxylic acids is 1. The molecule has 2 atom stereocenters. The minimum atomic E-state index is -4.26. The van der Waals surface area contributed by atoms with Crippen molar-refractivity contribution < 1.29 is 27.5 Å². The summed E-state index contributed by atoms with van der Waals surface area (Å²) in [6, 6.07) is 4.66. The summed E-state index contributed by atoms with van der Waals surface area (Å²) >= 11 is 0. The summed E-state index contributed by atoms with van der Waals surface area (Å²) in [7, 11) is 0. The molecule has 0 aromatic heterocycles. The second-order valence-electron chi connectivity index (χ2n) is 5.73. The summed E-state index contributed by atoms with van der Waals surface area (Å²) in [6.45, 7) is -0.838. The van der Waals surface area contributed by atoms with E-state index in [1.807, 2.05) is 0 Å². The summed E-state index contributed by atoms with van der Waals surface area (Å²) in [5.41, 5.74) is 0.0648. The Labute approximate surface area is 136 Å². The van der Waals surface area contributed by atoms with Gasteiger partial charge in [-0.15, -0.1) is 0 Å². The molecular weight excluding hydrogens is 330 g/mol. The number of halogens is 4. The van der Waals surface area contributed by atoms with Crippen LogP contribution in [0.25, 0.3) is 0 Å². The van der Waals surface area contributed by atoms with Crippen molar-refractivity contribution in [1.82, 2.24) is 15.5 Å². The van der Waals surface area contributed by atoms with Gasteiger partial charge < -0.3 is 15.7 Å². The SMILES string of the molecule is O=C(NCC(O)c1ccccc1F)NC1CCN(CC(F)(F)F)C1. The van der Waals surface area contributed by atoms with E-state index in [2.05, 4.69) is 10.6 Å². The normalized spacial score (nSPS) is 20.0. The predicted molar refractivity (Wildman–Crippen MR) is 78.8 cm³/mol. The molecule has 0 spiro atoms. The molecule has 0 aliphatic carbocycles. The van der Waals surface area contributed by atoms with E-state index >= 15 is 0 Å². The Balaban J connectivity index is 1.73. The Bertz CT molecular complexity index is 568. The maximum atomic E-state index is 13.5. The van der Waals surface area contributed by atoms with Gasteiger partial charge in [0.2, 0.25) is 0 Å². The maximum absolute atomic E-state index is 13.5. The predicted octanol–water partition coefficient (Wildman–Crippen LogP) is 1.79. The lowest BCUT2D eigenvalue weighted by molar-refractivity contribution is -0.143. The van der Waals surface area contributed by atoms with Gasteiger partial charge in [-0.25, -0.2) is 9.18 Å². The first-order chi connectivity index (χ1) is 11.2. The highest BCUT2D eigenvalue weighted by atomic mass is 19.4. The number of nitrogens with zero attached hydrogens (tertiary/aromatic N) is 1. The van der Waals surface area contributed by atoms with Gasteiger partial charge in [0.1, 0.15) is 5.82 Å². The van der Waals surface area contributed by atoms with E-state index in [1.54, 1.807) is 6.07 Å². The summed E-state index contributed by atoms with van der Waals surface area (Å²) in [4.78, 5) is 13.0. The molecule has 2 unspecified atom stereocenters. The first kappa shape index (κ1) is 18.5. The Kier molecular flexibility index (Phi) is 6.00. The number of benzene rings is 1. The number of amides is 2. The minimum absolute atomic E-state index is 0.0648. The van der Waals surface area contributed by atoms with Gasteiger partial charge in [0.05, 0.1) is 12.6 Å². The third-order valence-electron chi connectivity index (χ3n) is 3.73. The number of urea groups is 1. The van der Waals surface area contributed by atoms with Crippen molar-refractivity contribution in [3.05, 3.63) is 35.6 Å². The highest BCUT2D eigenvalue weighted by molar-refractivity contribution is 5.74. The van der Waals surface area contributed by atoms with Crippen LogP contribution < -0.4 is 10.6 Å². The van der Waals surface area contributed by atoms with Gasteiger partial charge in [-0.2, -0.15) is 13.2 Å². The van der Waals surface area contributed by atoms with Crippen LogP contribution in [0.5, 0.6) is 0 Å². The highest BCUT2D eigenvalue weighted by Crippen LogP contribution is 2.20. The molecule has 1 aliphatic rings. The highest BCUT2D eigenvalue weighted by Gasteiger charge is 2.34. The number of rotatable bonds is 5. The Morgan fingerprint density at radius 1 is 1.38 bits per heavy atom. The lowest BCUT2D eigenvalue weighted by atomic mass is 10.1. The number of hydrogen-bond donors (Lipinski definition) is 3. The van der Waals surface area contributed by atoms with E-state index < -0.39 is 36.7 Å². The molecule has 134 valence electrons. The topological polar surface area (TPSA) is 64.6 Å². The van der Waals surface area contributed by atoms with Crippen molar-refractivity contribution in [2.45, 2.75) is 24.7 Å². The number of likely N-dealkylation sites (tertiary alicyclic amines) is 1. The van der Waals surface area contributed by atoms with Crippen molar-refractivity contribution in [3.63, 3.8) is 0 Å². The van der Waals surface area contributed by atoms with Gasteiger partial charge in [-0.3, -0.25) is 4.90 Å². The van der Waals surface area contributed by atoms with E-state index in [-0.39, 0.29) is 25.2 Å². The maximum Gasteiger partial charge on any atom is 0.401 e. The Morgan fingerprint density at radius 3 is 2.75 bits per heavy atom. The smallest absolute Gasteiger partial charge is 0.386 e. The fraction of sp³-hybridized carbons (Fsp3) is 0.533. The zero-order valence-corrected chi connectivity index (χ0v) is 12.8. The van der Waals surface area contributed by atoms with Crippen molar-refractivity contribution in [1.29, 1.82) is 0 Å². The van der Waals surface area contributed by atoms with Crippen LogP contribution in [0.15, 0.2) is 24.3 Å². The van der Waals surface area contributed by atoms with Crippen LogP contribution in [0.2, 0.25) is 0 Å². The molecule has 5 nitrogen and oxygen atoms in total. The second-order valence-corrected chi connectivity index (χ2v) is 5.73. The van der Waals surface area contributed by atoms with Gasteiger partial charge in [0, 0.05) is 31.2 Å². The number of aliphatic hydroxyl groups excluding tert-OH is 1. The number of carbonyl (C=O) groups is 1. The quantitative estimate of drug-likeness (QED) is 0.711. The van der Waals surface area contributed by atoms with E-state index in [0.29, 0.717) is 6.42 Å². The number of alkyl halides is 3. The van der Waals surface area contributed by atoms with Gasteiger partial charge in [-0.1, -0.05) is 18.2 Å². The summed E-state index contributed by atoms with van der Waals surface area (Å²) in [5.74, 6) is -0.578. The summed E-state index contributed by atoms with van der Waals surface area (Å²) in [6.07, 6.45) is -5.05. The second kappa shape index (κ2) is 7.80. The molecule has 1 heterocycles. The molecule has 0 saturated carbocycles. The fourth-order valence-electron chi connectivity index (χ4n) is 2.63. The monoisotopic (exact) mass is 349 g/mol. The number of hydrogen-bond acceptors (Lipinski definition) is 3. The molecule has 24 heavy (non-hydrogen) atoms. The van der Waals surface area contributed by atoms with Crippen molar-refractivity contribution in [2.24, 2.45) is 0 Å². The molecule has 1 aromatic carbocycles. The van der Waals surface area contributed by atoms with E-state index in [0.717, 1.165) is 0 Å². The van der Waals surface area contributed by atoms with Gasteiger partial charge >= 0.3 is 12.2 Å². The molecule has 2 rings (SSSR count).